The summed E-state index contributed by atoms with van der Waals surface area (Å²) < 4.78 is 7.51. The van der Waals surface area contributed by atoms with Crippen LogP contribution in [0.3, 0.4) is 0 Å². The fourth-order valence-corrected chi connectivity index (χ4v) is 3.12. The molecule has 0 spiro atoms. The first-order chi connectivity index (χ1) is 13.3. The van der Waals surface area contributed by atoms with Crippen molar-refractivity contribution in [2.45, 2.75) is 13.2 Å². The van der Waals surface area contributed by atoms with Gasteiger partial charge in [-0.3, -0.25) is 4.79 Å². The second-order valence-corrected chi connectivity index (χ2v) is 6.46. The van der Waals surface area contributed by atoms with Crippen molar-refractivity contribution in [2.24, 2.45) is 0 Å². The van der Waals surface area contributed by atoms with Crippen LogP contribution < -0.4 is 0 Å². The Morgan fingerprint density at radius 3 is 2.52 bits per heavy atom. The quantitative estimate of drug-likeness (QED) is 0.459. The number of imidazole rings is 1. The number of fused-ring (bicyclic) bond motifs is 1. The van der Waals surface area contributed by atoms with Gasteiger partial charge in [-0.1, -0.05) is 66.7 Å². The minimum atomic E-state index is -0.114. The summed E-state index contributed by atoms with van der Waals surface area (Å²) in [5.41, 5.74) is 2.18. The third-order valence-corrected chi connectivity index (χ3v) is 4.48. The van der Waals surface area contributed by atoms with Crippen LogP contribution in [0.4, 0.5) is 0 Å². The fourth-order valence-electron chi connectivity index (χ4n) is 3.12. The number of Topliss-reactive ketones (excluding diaryl/α,β-unsaturated/α-hetero) is 1. The Bertz CT molecular complexity index is 1050. The molecule has 4 heteroatoms. The van der Waals surface area contributed by atoms with Crippen LogP contribution in [-0.4, -0.2) is 21.9 Å². The molecule has 4 nitrogen and oxygen atoms in total. The van der Waals surface area contributed by atoms with E-state index >= 15 is 0 Å². The number of nitrogens with zero attached hydrogens (tertiary/aromatic N) is 2. The normalized spacial score (nSPS) is 11.0. The molecule has 1 heterocycles. The molecule has 3 aromatic carbocycles. The summed E-state index contributed by atoms with van der Waals surface area (Å²) in [5, 5.41) is 2.36. The lowest BCUT2D eigenvalue weighted by Gasteiger charge is -2.08. The van der Waals surface area contributed by atoms with E-state index in [4.69, 9.17) is 4.74 Å². The Morgan fingerprint density at radius 1 is 0.889 bits per heavy atom. The summed E-state index contributed by atoms with van der Waals surface area (Å²) >= 11 is 0. The van der Waals surface area contributed by atoms with Gasteiger partial charge in [0, 0.05) is 18.9 Å². The monoisotopic (exact) mass is 356 g/mol. The molecule has 0 aliphatic rings. The van der Waals surface area contributed by atoms with Crippen LogP contribution in [-0.2, 0) is 17.9 Å². The summed E-state index contributed by atoms with van der Waals surface area (Å²) in [6.45, 7) is 1.03. The molecule has 134 valence electrons. The maximum atomic E-state index is 12.5. The van der Waals surface area contributed by atoms with Gasteiger partial charge in [0.15, 0.2) is 5.82 Å². The van der Waals surface area contributed by atoms with Crippen LogP contribution in [0.1, 0.15) is 21.7 Å². The highest BCUT2D eigenvalue weighted by atomic mass is 16.5. The second kappa shape index (κ2) is 7.98. The van der Waals surface area contributed by atoms with Gasteiger partial charge >= 0.3 is 0 Å². The topological polar surface area (TPSA) is 44.1 Å². The average Bonchev–Trinajstić information content (AvgIpc) is 3.17. The molecule has 0 fully saturated rings. The first kappa shape index (κ1) is 17.2. The van der Waals surface area contributed by atoms with E-state index in [-0.39, 0.29) is 12.4 Å². The molecule has 0 saturated heterocycles. The molecule has 27 heavy (non-hydrogen) atoms. The zero-order valence-electron chi connectivity index (χ0n) is 14.9. The van der Waals surface area contributed by atoms with Gasteiger partial charge in [0.05, 0.1) is 6.61 Å². The van der Waals surface area contributed by atoms with E-state index in [0.29, 0.717) is 19.0 Å². The van der Waals surface area contributed by atoms with Crippen molar-refractivity contribution < 1.29 is 9.53 Å². The van der Waals surface area contributed by atoms with Crippen molar-refractivity contribution >= 4 is 16.6 Å². The number of aromatic nitrogens is 2. The smallest absolute Gasteiger partial charge is 0.223 e. The number of rotatable bonds is 7. The van der Waals surface area contributed by atoms with Crippen LogP contribution >= 0.6 is 0 Å². The number of hydrogen-bond acceptors (Lipinski definition) is 3. The summed E-state index contributed by atoms with van der Waals surface area (Å²) in [5.74, 6) is 0.314. The molecular formula is C23H20N2O2. The zero-order chi connectivity index (χ0) is 18.5. The van der Waals surface area contributed by atoms with E-state index in [1.165, 1.54) is 10.8 Å². The van der Waals surface area contributed by atoms with Crippen molar-refractivity contribution in [1.82, 2.24) is 9.55 Å². The van der Waals surface area contributed by atoms with Gasteiger partial charge in [-0.05, 0) is 28.0 Å². The molecule has 0 amide bonds. The molecule has 4 aromatic rings. The maximum Gasteiger partial charge on any atom is 0.223 e. The molecule has 1 aromatic heterocycles. The predicted octanol–water partition coefficient (Wildman–Crippen LogP) is 4.48. The molecule has 0 N–H and O–H groups in total. The number of hydrogen-bond donors (Lipinski definition) is 0. The van der Waals surface area contributed by atoms with Gasteiger partial charge in [-0.25, -0.2) is 4.98 Å². The van der Waals surface area contributed by atoms with Crippen LogP contribution in [0.25, 0.3) is 10.8 Å². The highest BCUT2D eigenvalue weighted by Crippen LogP contribution is 2.16. The third-order valence-electron chi connectivity index (χ3n) is 4.48. The largest absolute Gasteiger partial charge is 0.368 e. The maximum absolute atomic E-state index is 12.5. The minimum absolute atomic E-state index is 0.0125. The van der Waals surface area contributed by atoms with Gasteiger partial charge in [-0.2, -0.15) is 0 Å². The fraction of sp³-hybridized carbons (Fsp3) is 0.130. The Kier molecular flexibility index (Phi) is 5.08. The molecule has 0 saturated carbocycles. The van der Waals surface area contributed by atoms with E-state index in [2.05, 4.69) is 29.2 Å². The van der Waals surface area contributed by atoms with E-state index in [9.17, 15) is 4.79 Å². The number of ether oxygens (including phenoxy) is 1. The van der Waals surface area contributed by atoms with Gasteiger partial charge in [0.2, 0.25) is 5.78 Å². The Morgan fingerprint density at radius 2 is 1.67 bits per heavy atom. The van der Waals surface area contributed by atoms with Gasteiger partial charge in [-0.15, -0.1) is 0 Å². The first-order valence-corrected chi connectivity index (χ1v) is 8.93. The highest BCUT2D eigenvalue weighted by molar-refractivity contribution is 5.93. The highest BCUT2D eigenvalue weighted by Gasteiger charge is 2.13. The van der Waals surface area contributed by atoms with Crippen molar-refractivity contribution in [3.63, 3.8) is 0 Å². The molecule has 0 unspecified atom stereocenters. The lowest BCUT2D eigenvalue weighted by molar-refractivity contribution is 0.0713. The summed E-state index contributed by atoms with van der Waals surface area (Å²) in [4.78, 5) is 16.7. The van der Waals surface area contributed by atoms with Gasteiger partial charge in [0.25, 0.3) is 0 Å². The van der Waals surface area contributed by atoms with Crippen molar-refractivity contribution in [2.75, 3.05) is 6.61 Å². The zero-order valence-corrected chi connectivity index (χ0v) is 14.9. The SMILES string of the molecule is O=C(COCc1ccc2ccccc2c1)c1nccn1Cc1ccccc1. The van der Waals surface area contributed by atoms with Crippen LogP contribution in [0.2, 0.25) is 0 Å². The minimum Gasteiger partial charge on any atom is -0.368 e. The summed E-state index contributed by atoms with van der Waals surface area (Å²) in [6.07, 6.45) is 3.48. The molecule has 0 atom stereocenters. The lowest BCUT2D eigenvalue weighted by atomic mass is 10.1. The van der Waals surface area contributed by atoms with Crippen molar-refractivity contribution in [3.05, 3.63) is 102 Å². The number of carbonyl (C=O) groups excluding carboxylic acids is 1. The number of ketones is 1. The lowest BCUT2D eigenvalue weighted by Crippen LogP contribution is -2.16. The molecule has 4 rings (SSSR count). The van der Waals surface area contributed by atoms with Crippen LogP contribution in [0.5, 0.6) is 0 Å². The Hall–Kier alpha value is -3.24. The Labute approximate surface area is 158 Å². The van der Waals surface area contributed by atoms with Gasteiger partial charge < -0.3 is 9.30 Å². The van der Waals surface area contributed by atoms with E-state index in [1.807, 2.05) is 59.3 Å². The van der Waals surface area contributed by atoms with E-state index in [1.54, 1.807) is 6.20 Å². The van der Waals surface area contributed by atoms with Crippen molar-refractivity contribution in [1.29, 1.82) is 0 Å². The summed E-state index contributed by atoms with van der Waals surface area (Å²) in [6, 6.07) is 24.4. The molecular weight excluding hydrogens is 336 g/mol. The molecule has 0 aliphatic carbocycles. The summed E-state index contributed by atoms with van der Waals surface area (Å²) in [7, 11) is 0. The standard InChI is InChI=1S/C23H20N2O2/c26-22(23-24-12-13-25(23)15-18-6-2-1-3-7-18)17-27-16-19-10-11-20-8-4-5-9-21(20)14-19/h1-14H,15-17H2. The van der Waals surface area contributed by atoms with Crippen LogP contribution in [0.15, 0.2) is 85.2 Å². The van der Waals surface area contributed by atoms with Crippen LogP contribution in [0, 0.1) is 0 Å². The average molecular weight is 356 g/mol. The number of benzene rings is 3. The molecule has 0 radical (unpaired) electrons. The van der Waals surface area contributed by atoms with E-state index in [0.717, 1.165) is 11.1 Å². The second-order valence-electron chi connectivity index (χ2n) is 6.46. The van der Waals surface area contributed by atoms with Gasteiger partial charge in [0.1, 0.15) is 6.61 Å². The predicted molar refractivity (Wildman–Crippen MR) is 106 cm³/mol. The molecule has 0 aliphatic heterocycles. The molecule has 0 bridgehead atoms. The first-order valence-electron chi connectivity index (χ1n) is 8.93. The third kappa shape index (κ3) is 4.13. The van der Waals surface area contributed by atoms with E-state index < -0.39 is 0 Å². The Balaban J connectivity index is 1.37. The number of carbonyl (C=O) groups is 1. The van der Waals surface area contributed by atoms with Crippen molar-refractivity contribution in [3.8, 4) is 0 Å².